The van der Waals surface area contributed by atoms with E-state index in [1.165, 1.54) is 11.1 Å². The van der Waals surface area contributed by atoms with E-state index in [1.807, 2.05) is 48.8 Å². The highest BCUT2D eigenvalue weighted by Crippen LogP contribution is 2.49. The first-order valence-corrected chi connectivity index (χ1v) is 10.3. The number of likely N-dealkylation sites (tertiary alicyclic amines) is 1. The molecule has 2 aliphatic heterocycles. The second kappa shape index (κ2) is 8.58. The lowest BCUT2D eigenvalue weighted by Crippen LogP contribution is -2.49. The van der Waals surface area contributed by atoms with Crippen molar-refractivity contribution in [2.24, 2.45) is 4.99 Å². The van der Waals surface area contributed by atoms with Crippen molar-refractivity contribution < 1.29 is 4.74 Å². The minimum atomic E-state index is -0.128. The van der Waals surface area contributed by atoms with Gasteiger partial charge in [-0.15, -0.1) is 12.4 Å². The van der Waals surface area contributed by atoms with Crippen LogP contribution >= 0.6 is 12.4 Å². The van der Waals surface area contributed by atoms with Crippen LogP contribution in [0.1, 0.15) is 25.5 Å². The first-order chi connectivity index (χ1) is 14.3. The molecule has 5 rings (SSSR count). The molecule has 0 bridgehead atoms. The van der Waals surface area contributed by atoms with Crippen LogP contribution in [0.2, 0.25) is 0 Å². The van der Waals surface area contributed by atoms with Gasteiger partial charge in [0.25, 0.3) is 0 Å². The third-order valence-corrected chi connectivity index (χ3v) is 6.19. The number of nitrogens with zero attached hydrogens (tertiary/aromatic N) is 3. The molecule has 1 fully saturated rings. The highest BCUT2D eigenvalue weighted by atomic mass is 35.5. The number of aromatic nitrogens is 1. The third-order valence-electron chi connectivity index (χ3n) is 6.19. The van der Waals surface area contributed by atoms with Crippen LogP contribution < -0.4 is 4.74 Å². The Morgan fingerprint density at radius 1 is 1.10 bits per heavy atom. The average Bonchev–Trinajstić information content (AvgIpc) is 3.14. The SMILES string of the molecule is CC1=C2CCN(CCc3ccccn3)C23CC=C(Oc2ccccc2)C=C3N=C1.Cl. The molecule has 1 aromatic heterocycles. The number of ether oxygens (including phenoxy) is 1. The van der Waals surface area contributed by atoms with Crippen molar-refractivity contribution in [2.75, 3.05) is 13.1 Å². The number of aliphatic imine (C=N–C) groups is 1. The van der Waals surface area contributed by atoms with Crippen LogP contribution in [0.4, 0.5) is 0 Å². The zero-order valence-electron chi connectivity index (χ0n) is 17.1. The molecular formula is C25H26ClN3O. The van der Waals surface area contributed by atoms with E-state index in [4.69, 9.17) is 9.73 Å². The number of rotatable bonds is 5. The van der Waals surface area contributed by atoms with Gasteiger partial charge < -0.3 is 4.74 Å². The van der Waals surface area contributed by atoms with Gasteiger partial charge in [0, 0.05) is 43.7 Å². The first kappa shape index (κ1) is 20.6. The molecule has 1 aromatic carbocycles. The molecule has 2 aromatic rings. The highest BCUT2D eigenvalue weighted by Gasteiger charge is 2.50. The smallest absolute Gasteiger partial charge is 0.127 e. The molecule has 1 aliphatic carbocycles. The fourth-order valence-corrected chi connectivity index (χ4v) is 4.78. The molecule has 0 radical (unpaired) electrons. The molecule has 0 N–H and O–H groups in total. The van der Waals surface area contributed by atoms with Crippen molar-refractivity contribution in [3.05, 3.63) is 95.2 Å². The van der Waals surface area contributed by atoms with E-state index in [-0.39, 0.29) is 17.9 Å². The van der Waals surface area contributed by atoms with Gasteiger partial charge in [-0.1, -0.05) is 24.3 Å². The second-order valence-corrected chi connectivity index (χ2v) is 7.84. The Morgan fingerprint density at radius 3 is 2.73 bits per heavy atom. The van der Waals surface area contributed by atoms with Crippen LogP contribution in [0.25, 0.3) is 0 Å². The molecule has 1 saturated heterocycles. The van der Waals surface area contributed by atoms with E-state index in [2.05, 4.69) is 41.1 Å². The van der Waals surface area contributed by atoms with Gasteiger partial charge in [0.05, 0.1) is 11.2 Å². The Labute approximate surface area is 184 Å². The maximum atomic E-state index is 6.11. The minimum absolute atomic E-state index is 0. The van der Waals surface area contributed by atoms with Crippen LogP contribution in [0.3, 0.4) is 0 Å². The van der Waals surface area contributed by atoms with Gasteiger partial charge in [0.15, 0.2) is 0 Å². The number of dihydropyridines is 1. The van der Waals surface area contributed by atoms with Crippen LogP contribution in [-0.2, 0) is 6.42 Å². The molecule has 0 amide bonds. The van der Waals surface area contributed by atoms with Gasteiger partial charge in [0.2, 0.25) is 0 Å². The quantitative estimate of drug-likeness (QED) is 0.673. The standard InChI is InChI=1S/C25H25N3O.ClH/c1-19-18-27-24-17-22(29-21-8-3-2-4-9-21)10-13-25(24)23(19)12-16-28(25)15-11-20-7-5-6-14-26-20;/h2-10,14,17-18H,11-13,15-16H2,1H3;1H. The maximum absolute atomic E-state index is 6.11. The predicted molar refractivity (Wildman–Crippen MR) is 123 cm³/mol. The number of halogens is 1. The fourth-order valence-electron chi connectivity index (χ4n) is 4.78. The summed E-state index contributed by atoms with van der Waals surface area (Å²) < 4.78 is 6.11. The van der Waals surface area contributed by atoms with E-state index in [0.717, 1.165) is 55.3 Å². The van der Waals surface area contributed by atoms with E-state index < -0.39 is 0 Å². The number of allylic oxidation sites excluding steroid dienone is 2. The fraction of sp³-hybridized carbons (Fsp3) is 0.280. The summed E-state index contributed by atoms with van der Waals surface area (Å²) in [5.41, 5.74) is 4.93. The predicted octanol–water partition coefficient (Wildman–Crippen LogP) is 5.14. The summed E-state index contributed by atoms with van der Waals surface area (Å²) in [7, 11) is 0. The lowest BCUT2D eigenvalue weighted by atomic mass is 9.77. The first-order valence-electron chi connectivity index (χ1n) is 10.3. The maximum Gasteiger partial charge on any atom is 0.127 e. The van der Waals surface area contributed by atoms with E-state index in [9.17, 15) is 0 Å². The van der Waals surface area contributed by atoms with E-state index >= 15 is 0 Å². The topological polar surface area (TPSA) is 37.7 Å². The highest BCUT2D eigenvalue weighted by molar-refractivity contribution is 5.85. The Bertz CT molecular complexity index is 1030. The summed E-state index contributed by atoms with van der Waals surface area (Å²) in [6, 6.07) is 16.1. The zero-order chi connectivity index (χ0) is 19.7. The van der Waals surface area contributed by atoms with Gasteiger partial charge in [-0.25, -0.2) is 0 Å². The molecule has 1 spiro atoms. The Morgan fingerprint density at radius 2 is 1.93 bits per heavy atom. The summed E-state index contributed by atoms with van der Waals surface area (Å²) in [5, 5.41) is 0. The van der Waals surface area contributed by atoms with Gasteiger partial charge in [-0.3, -0.25) is 14.9 Å². The molecule has 0 saturated carbocycles. The summed E-state index contributed by atoms with van der Waals surface area (Å²) >= 11 is 0. The molecule has 3 heterocycles. The van der Waals surface area contributed by atoms with Crippen molar-refractivity contribution >= 4 is 18.6 Å². The van der Waals surface area contributed by atoms with Crippen LogP contribution in [0.5, 0.6) is 5.75 Å². The Hall–Kier alpha value is -2.69. The van der Waals surface area contributed by atoms with Crippen LogP contribution in [0, 0.1) is 0 Å². The molecule has 4 nitrogen and oxygen atoms in total. The zero-order valence-corrected chi connectivity index (χ0v) is 17.9. The van der Waals surface area contributed by atoms with Crippen molar-refractivity contribution in [2.45, 2.75) is 31.7 Å². The van der Waals surface area contributed by atoms with Crippen molar-refractivity contribution in [1.29, 1.82) is 0 Å². The lowest BCUT2D eigenvalue weighted by molar-refractivity contribution is 0.192. The van der Waals surface area contributed by atoms with Crippen LogP contribution in [0.15, 0.2) is 94.5 Å². The summed E-state index contributed by atoms with van der Waals surface area (Å²) in [6.07, 6.45) is 11.2. The molecule has 154 valence electrons. The van der Waals surface area contributed by atoms with Gasteiger partial charge in [-0.05, 0) is 61.3 Å². The Kier molecular flexibility index (Phi) is 5.89. The average molecular weight is 420 g/mol. The minimum Gasteiger partial charge on any atom is -0.458 e. The molecule has 3 aliphatic rings. The van der Waals surface area contributed by atoms with Crippen molar-refractivity contribution in [3.63, 3.8) is 0 Å². The lowest BCUT2D eigenvalue weighted by Gasteiger charge is -2.43. The van der Waals surface area contributed by atoms with Gasteiger partial charge in [-0.2, -0.15) is 0 Å². The van der Waals surface area contributed by atoms with Gasteiger partial charge >= 0.3 is 0 Å². The monoisotopic (exact) mass is 419 g/mol. The van der Waals surface area contributed by atoms with Gasteiger partial charge in [0.1, 0.15) is 11.5 Å². The summed E-state index contributed by atoms with van der Waals surface area (Å²) in [6.45, 7) is 4.23. The van der Waals surface area contributed by atoms with Crippen molar-refractivity contribution in [3.8, 4) is 5.75 Å². The summed E-state index contributed by atoms with van der Waals surface area (Å²) in [4.78, 5) is 12.0. The molecule has 1 atom stereocenters. The number of pyridine rings is 1. The van der Waals surface area contributed by atoms with E-state index in [1.54, 1.807) is 0 Å². The normalized spacial score (nSPS) is 22.6. The molecule has 30 heavy (non-hydrogen) atoms. The molecule has 5 heteroatoms. The molecular weight excluding hydrogens is 394 g/mol. The number of hydrogen-bond acceptors (Lipinski definition) is 4. The third kappa shape index (κ3) is 3.62. The van der Waals surface area contributed by atoms with E-state index in [0.29, 0.717) is 0 Å². The van der Waals surface area contributed by atoms with Crippen molar-refractivity contribution in [1.82, 2.24) is 9.88 Å². The summed E-state index contributed by atoms with van der Waals surface area (Å²) in [5.74, 6) is 1.74. The number of hydrogen-bond donors (Lipinski definition) is 0. The number of para-hydroxylation sites is 1. The largest absolute Gasteiger partial charge is 0.458 e. The van der Waals surface area contributed by atoms with Crippen LogP contribution in [-0.4, -0.2) is 34.7 Å². The Balaban J connectivity index is 0.00000218. The number of benzene rings is 1. The molecule has 1 unspecified atom stereocenters. The second-order valence-electron chi connectivity index (χ2n) is 7.84.